The molecule has 0 radical (unpaired) electrons. The lowest BCUT2D eigenvalue weighted by Gasteiger charge is -2.10. The van der Waals surface area contributed by atoms with Gasteiger partial charge in [0.05, 0.1) is 0 Å². The predicted molar refractivity (Wildman–Crippen MR) is 81.8 cm³/mol. The van der Waals surface area contributed by atoms with E-state index >= 15 is 0 Å². The van der Waals surface area contributed by atoms with E-state index in [1.807, 2.05) is 30.3 Å². The predicted octanol–water partition coefficient (Wildman–Crippen LogP) is 2.47. The zero-order valence-corrected chi connectivity index (χ0v) is 12.2. The van der Waals surface area contributed by atoms with Crippen molar-refractivity contribution in [1.29, 1.82) is 0 Å². The zero-order chi connectivity index (χ0) is 15.9. The Kier molecular flexibility index (Phi) is 5.14. The highest BCUT2D eigenvalue weighted by molar-refractivity contribution is 5.96. The lowest BCUT2D eigenvalue weighted by atomic mass is 10.2. The summed E-state index contributed by atoms with van der Waals surface area (Å²) >= 11 is 0. The van der Waals surface area contributed by atoms with Crippen molar-refractivity contribution in [2.24, 2.45) is 0 Å². The fourth-order valence-electron chi connectivity index (χ4n) is 1.79. The van der Waals surface area contributed by atoms with Crippen LogP contribution < -0.4 is 10.1 Å². The average Bonchev–Trinajstić information content (AvgIpc) is 2.54. The van der Waals surface area contributed by atoms with Crippen molar-refractivity contribution in [1.82, 2.24) is 5.32 Å². The van der Waals surface area contributed by atoms with Crippen molar-refractivity contribution in [2.45, 2.75) is 19.6 Å². The molecular weight excluding hydrogens is 282 g/mol. The minimum absolute atomic E-state index is 0.389. The highest BCUT2D eigenvalue weighted by Crippen LogP contribution is 2.14. The van der Waals surface area contributed by atoms with Crippen LogP contribution in [0.15, 0.2) is 54.6 Å². The molecule has 2 rings (SSSR count). The number of ether oxygens (including phenoxy) is 1. The van der Waals surface area contributed by atoms with E-state index in [1.165, 1.54) is 6.92 Å². The Bertz CT molecular complexity index is 637. The van der Waals surface area contributed by atoms with Gasteiger partial charge in [-0.05, 0) is 36.8 Å². The number of rotatable bonds is 6. The van der Waals surface area contributed by atoms with E-state index in [2.05, 4.69) is 5.32 Å². The molecule has 2 N–H and O–H groups in total. The summed E-state index contributed by atoms with van der Waals surface area (Å²) in [5, 5.41) is 11.2. The molecule has 0 aliphatic heterocycles. The van der Waals surface area contributed by atoms with E-state index in [0.29, 0.717) is 17.9 Å². The summed E-state index contributed by atoms with van der Waals surface area (Å²) in [5.74, 6) is -0.854. The molecule has 0 aliphatic carbocycles. The number of carboxylic acids is 1. The molecule has 5 nitrogen and oxygen atoms in total. The third kappa shape index (κ3) is 4.34. The first kappa shape index (κ1) is 15.6. The van der Waals surface area contributed by atoms with E-state index in [4.69, 9.17) is 9.84 Å². The molecule has 0 heterocycles. The molecule has 0 aliphatic rings. The number of aliphatic carboxylic acids is 1. The largest absolute Gasteiger partial charge is 0.489 e. The van der Waals surface area contributed by atoms with Crippen LogP contribution >= 0.6 is 0 Å². The summed E-state index contributed by atoms with van der Waals surface area (Å²) in [6, 6.07) is 15.4. The van der Waals surface area contributed by atoms with E-state index in [0.717, 1.165) is 5.56 Å². The van der Waals surface area contributed by atoms with Crippen molar-refractivity contribution in [3.05, 3.63) is 65.7 Å². The number of benzene rings is 2. The maximum atomic E-state index is 11.8. The number of carbonyl (C=O) groups excluding carboxylic acids is 1. The highest BCUT2D eigenvalue weighted by atomic mass is 16.5. The third-order valence-corrected chi connectivity index (χ3v) is 3.08. The van der Waals surface area contributed by atoms with Crippen molar-refractivity contribution in [3.63, 3.8) is 0 Å². The molecular formula is C17H17NO4. The molecule has 1 amide bonds. The van der Waals surface area contributed by atoms with Crippen molar-refractivity contribution in [3.8, 4) is 5.75 Å². The van der Waals surface area contributed by atoms with Gasteiger partial charge in [0.1, 0.15) is 18.4 Å². The number of carbonyl (C=O) groups is 2. The van der Waals surface area contributed by atoms with Crippen molar-refractivity contribution >= 4 is 11.9 Å². The smallest absolute Gasteiger partial charge is 0.325 e. The summed E-state index contributed by atoms with van der Waals surface area (Å²) in [4.78, 5) is 22.5. The van der Waals surface area contributed by atoms with Gasteiger partial charge in [-0.15, -0.1) is 0 Å². The molecule has 0 spiro atoms. The summed E-state index contributed by atoms with van der Waals surface area (Å²) in [6.07, 6.45) is 0. The molecule has 5 heteroatoms. The monoisotopic (exact) mass is 299 g/mol. The lowest BCUT2D eigenvalue weighted by molar-refractivity contribution is -0.138. The first-order valence-corrected chi connectivity index (χ1v) is 6.86. The first-order chi connectivity index (χ1) is 10.6. The van der Waals surface area contributed by atoms with Gasteiger partial charge in [-0.3, -0.25) is 9.59 Å². The summed E-state index contributed by atoms with van der Waals surface area (Å²) in [7, 11) is 0. The van der Waals surface area contributed by atoms with Crippen LogP contribution in [0.2, 0.25) is 0 Å². The van der Waals surface area contributed by atoms with Gasteiger partial charge in [-0.2, -0.15) is 0 Å². The van der Waals surface area contributed by atoms with Crippen LogP contribution in [0.25, 0.3) is 0 Å². The SMILES string of the molecule is CC(NC(=O)c1ccc(OCc2ccccc2)cc1)C(=O)O. The normalized spacial score (nSPS) is 11.5. The Labute approximate surface area is 128 Å². The lowest BCUT2D eigenvalue weighted by Crippen LogP contribution is -2.38. The second kappa shape index (κ2) is 7.26. The minimum Gasteiger partial charge on any atom is -0.489 e. The second-order valence-electron chi connectivity index (χ2n) is 4.83. The summed E-state index contributed by atoms with van der Waals surface area (Å²) in [6.45, 7) is 1.86. The summed E-state index contributed by atoms with van der Waals surface area (Å²) in [5.41, 5.74) is 1.44. The van der Waals surface area contributed by atoms with Gasteiger partial charge in [0.15, 0.2) is 0 Å². The van der Waals surface area contributed by atoms with Gasteiger partial charge < -0.3 is 15.2 Å². The quantitative estimate of drug-likeness (QED) is 0.859. The molecule has 0 aromatic heterocycles. The zero-order valence-electron chi connectivity index (χ0n) is 12.2. The maximum Gasteiger partial charge on any atom is 0.325 e. The molecule has 0 saturated heterocycles. The minimum atomic E-state index is -1.07. The second-order valence-corrected chi connectivity index (χ2v) is 4.83. The van der Waals surface area contributed by atoms with Crippen LogP contribution in [0.5, 0.6) is 5.75 Å². The van der Waals surface area contributed by atoms with Crippen LogP contribution in [0.4, 0.5) is 0 Å². The van der Waals surface area contributed by atoms with E-state index in [9.17, 15) is 9.59 Å². The Morgan fingerprint density at radius 1 is 1.09 bits per heavy atom. The van der Waals surface area contributed by atoms with Crippen molar-refractivity contribution in [2.75, 3.05) is 0 Å². The molecule has 0 saturated carbocycles. The third-order valence-electron chi connectivity index (χ3n) is 3.08. The summed E-state index contributed by atoms with van der Waals surface area (Å²) < 4.78 is 5.62. The van der Waals surface area contributed by atoms with E-state index < -0.39 is 17.9 Å². The average molecular weight is 299 g/mol. The fraction of sp³-hybridized carbons (Fsp3) is 0.176. The van der Waals surface area contributed by atoms with E-state index in [-0.39, 0.29) is 0 Å². The molecule has 1 unspecified atom stereocenters. The topological polar surface area (TPSA) is 75.6 Å². The van der Waals surface area contributed by atoms with Crippen LogP contribution in [-0.2, 0) is 11.4 Å². The maximum absolute atomic E-state index is 11.8. The highest BCUT2D eigenvalue weighted by Gasteiger charge is 2.15. The standard InChI is InChI=1S/C17H17NO4/c1-12(17(20)21)18-16(19)14-7-9-15(10-8-14)22-11-13-5-3-2-4-6-13/h2-10,12H,11H2,1H3,(H,18,19)(H,20,21). The molecule has 1 atom stereocenters. The first-order valence-electron chi connectivity index (χ1n) is 6.86. The van der Waals surface area contributed by atoms with Gasteiger partial charge >= 0.3 is 5.97 Å². The molecule has 0 fully saturated rings. The van der Waals surface area contributed by atoms with Gasteiger partial charge in [0.25, 0.3) is 5.91 Å². The molecule has 2 aromatic rings. The number of amides is 1. The fourth-order valence-corrected chi connectivity index (χ4v) is 1.79. The van der Waals surface area contributed by atoms with Gasteiger partial charge in [-0.1, -0.05) is 30.3 Å². The molecule has 2 aromatic carbocycles. The van der Waals surface area contributed by atoms with Crippen molar-refractivity contribution < 1.29 is 19.4 Å². The molecule has 114 valence electrons. The van der Waals surface area contributed by atoms with Crippen LogP contribution in [0, 0.1) is 0 Å². The number of carboxylic acid groups (broad SMARTS) is 1. The van der Waals surface area contributed by atoms with Crippen LogP contribution in [0.1, 0.15) is 22.8 Å². The Morgan fingerprint density at radius 2 is 1.73 bits per heavy atom. The Balaban J connectivity index is 1.92. The molecule has 0 bridgehead atoms. The number of nitrogens with one attached hydrogen (secondary N) is 1. The van der Waals surface area contributed by atoms with Gasteiger partial charge in [-0.25, -0.2) is 0 Å². The van der Waals surface area contributed by atoms with Crippen LogP contribution in [0.3, 0.4) is 0 Å². The molecule has 22 heavy (non-hydrogen) atoms. The Morgan fingerprint density at radius 3 is 2.32 bits per heavy atom. The number of hydrogen-bond acceptors (Lipinski definition) is 3. The van der Waals surface area contributed by atoms with Gasteiger partial charge in [0.2, 0.25) is 0 Å². The number of hydrogen-bond donors (Lipinski definition) is 2. The van der Waals surface area contributed by atoms with Crippen LogP contribution in [-0.4, -0.2) is 23.0 Å². The Hall–Kier alpha value is -2.82. The van der Waals surface area contributed by atoms with Gasteiger partial charge in [0, 0.05) is 5.56 Å². The van der Waals surface area contributed by atoms with E-state index in [1.54, 1.807) is 24.3 Å².